The molecule has 44 valence electrons. The van der Waals surface area contributed by atoms with Crippen molar-refractivity contribution < 1.29 is 17.1 Å². The third kappa shape index (κ3) is 1.80. The average molecular weight is 131 g/mol. The first-order chi connectivity index (χ1) is 3.39. The molecule has 0 bridgehead atoms. The molecule has 2 nitrogen and oxygen atoms in total. The van der Waals surface area contributed by atoms with Gasteiger partial charge in [-0.15, -0.1) is 0 Å². The van der Waals surface area contributed by atoms with Crippen LogP contribution in [0.1, 0.15) is 0 Å². The summed E-state index contributed by atoms with van der Waals surface area (Å²) in [5.41, 5.74) is 0. The Balaban J connectivity index is 0.000000490. The van der Waals surface area contributed by atoms with Gasteiger partial charge in [-0.2, -0.15) is 0 Å². The van der Waals surface area contributed by atoms with Crippen LogP contribution in [0.15, 0.2) is 30.6 Å². The number of rotatable bonds is 0. The molecule has 1 heterocycles. The van der Waals surface area contributed by atoms with Crippen LogP contribution in [-0.4, -0.2) is 0 Å². The van der Waals surface area contributed by atoms with Gasteiger partial charge in [-0.1, -0.05) is 10.7 Å². The quantitative estimate of drug-likeness (QED) is 0.289. The van der Waals surface area contributed by atoms with Crippen LogP contribution in [0.5, 0.6) is 0 Å². The second-order valence-corrected chi connectivity index (χ2v) is 1.32. The number of nitrogens with two attached hydrogens (primary N) is 1. The van der Waals surface area contributed by atoms with Crippen molar-refractivity contribution >= 4 is 0 Å². The topological polar surface area (TPSA) is 29.9 Å². The predicted octanol–water partition coefficient (Wildman–Crippen LogP) is -3.31. The summed E-state index contributed by atoms with van der Waals surface area (Å²) >= 11 is 0. The minimum atomic E-state index is 0. The summed E-state index contributed by atoms with van der Waals surface area (Å²) in [5, 5.41) is 0. The van der Waals surface area contributed by atoms with Crippen molar-refractivity contribution in [1.29, 1.82) is 0 Å². The predicted molar refractivity (Wildman–Crippen MR) is 26.8 cm³/mol. The van der Waals surface area contributed by atoms with Gasteiger partial charge < -0.3 is 12.4 Å². The lowest BCUT2D eigenvalue weighted by Gasteiger charge is -1.76. The number of nitrogens with zero attached hydrogens (tertiary/aromatic N) is 1. The molecule has 0 saturated carbocycles. The Morgan fingerprint density at radius 3 is 1.75 bits per heavy atom. The van der Waals surface area contributed by atoms with Crippen LogP contribution in [0.3, 0.4) is 0 Å². The highest BCUT2D eigenvalue weighted by Crippen LogP contribution is 1.70. The van der Waals surface area contributed by atoms with Crippen LogP contribution in [0.25, 0.3) is 0 Å². The summed E-state index contributed by atoms with van der Waals surface area (Å²) in [6, 6.07) is 5.67. The molecule has 1 aromatic rings. The van der Waals surface area contributed by atoms with Crippen LogP contribution < -0.4 is 22.9 Å². The standard InChI is InChI=1S/C5H7N2.ClH/c6-7-4-2-1-3-5-7;/h1-5H,6H2;1H/q+1;/p-1. The Hall–Kier alpha value is -0.760. The molecule has 3 heteroatoms. The Kier molecular flexibility index (Phi) is 2.96. The van der Waals surface area contributed by atoms with Gasteiger partial charge in [-0.05, 0) is 0 Å². The summed E-state index contributed by atoms with van der Waals surface area (Å²) in [5.74, 6) is 5.27. The SMILES string of the molecule is N[n+]1ccccc1.[Cl-]. The average Bonchev–Trinajstić information content (AvgIpc) is 1.69. The third-order valence-corrected chi connectivity index (χ3v) is 0.739. The lowest BCUT2D eigenvalue weighted by atomic mass is 10.5. The molecule has 0 spiro atoms. The minimum absolute atomic E-state index is 0. The van der Waals surface area contributed by atoms with Crippen molar-refractivity contribution in [2.45, 2.75) is 0 Å². The zero-order valence-electron chi connectivity index (χ0n) is 4.29. The summed E-state index contributed by atoms with van der Waals surface area (Å²) in [6.45, 7) is 0. The largest absolute Gasteiger partial charge is 1.00 e. The Bertz CT molecular complexity index is 140. The second-order valence-electron chi connectivity index (χ2n) is 1.32. The van der Waals surface area contributed by atoms with E-state index in [0.29, 0.717) is 0 Å². The molecular formula is C5H7ClN2. The van der Waals surface area contributed by atoms with Gasteiger partial charge in [0.1, 0.15) is 0 Å². The fourth-order valence-electron chi connectivity index (χ4n) is 0.412. The van der Waals surface area contributed by atoms with E-state index in [9.17, 15) is 0 Å². The summed E-state index contributed by atoms with van der Waals surface area (Å²) in [6.07, 6.45) is 3.56. The van der Waals surface area contributed by atoms with E-state index in [0.717, 1.165) is 0 Å². The van der Waals surface area contributed by atoms with Crippen molar-refractivity contribution in [3.05, 3.63) is 30.6 Å². The molecule has 0 aliphatic rings. The lowest BCUT2D eigenvalue weighted by molar-refractivity contribution is -0.638. The molecule has 0 atom stereocenters. The van der Waals surface area contributed by atoms with E-state index in [2.05, 4.69) is 0 Å². The maximum atomic E-state index is 5.27. The molecule has 1 aromatic heterocycles. The van der Waals surface area contributed by atoms with Crippen LogP contribution in [0.2, 0.25) is 0 Å². The first kappa shape index (κ1) is 7.24. The highest BCUT2D eigenvalue weighted by Gasteiger charge is 1.79. The van der Waals surface area contributed by atoms with Crippen molar-refractivity contribution in [1.82, 2.24) is 0 Å². The molecule has 0 aromatic carbocycles. The molecule has 0 saturated heterocycles. The molecule has 0 amide bonds. The monoisotopic (exact) mass is 130 g/mol. The summed E-state index contributed by atoms with van der Waals surface area (Å²) in [4.78, 5) is 0. The van der Waals surface area contributed by atoms with Crippen molar-refractivity contribution in [3.63, 3.8) is 0 Å². The Morgan fingerprint density at radius 1 is 1.00 bits per heavy atom. The van der Waals surface area contributed by atoms with Gasteiger partial charge in [0, 0.05) is 12.1 Å². The Labute approximate surface area is 54.3 Å². The molecule has 0 fully saturated rings. The minimum Gasteiger partial charge on any atom is -1.00 e. The third-order valence-electron chi connectivity index (χ3n) is 0.739. The zero-order valence-corrected chi connectivity index (χ0v) is 5.05. The molecule has 8 heavy (non-hydrogen) atoms. The van der Waals surface area contributed by atoms with Gasteiger partial charge >= 0.3 is 0 Å². The lowest BCUT2D eigenvalue weighted by Crippen LogP contribution is -3.00. The first-order valence-corrected chi connectivity index (χ1v) is 2.11. The maximum absolute atomic E-state index is 5.27. The number of hydrogen-bond acceptors (Lipinski definition) is 1. The molecular weight excluding hydrogens is 124 g/mol. The molecule has 1 rings (SSSR count). The van der Waals surface area contributed by atoms with Crippen LogP contribution in [-0.2, 0) is 0 Å². The van der Waals surface area contributed by atoms with E-state index in [1.54, 1.807) is 12.4 Å². The van der Waals surface area contributed by atoms with Gasteiger partial charge in [0.25, 0.3) is 0 Å². The van der Waals surface area contributed by atoms with E-state index in [-0.39, 0.29) is 12.4 Å². The van der Waals surface area contributed by atoms with Gasteiger partial charge in [0.05, 0.1) is 0 Å². The van der Waals surface area contributed by atoms with E-state index in [4.69, 9.17) is 5.84 Å². The summed E-state index contributed by atoms with van der Waals surface area (Å²) in [7, 11) is 0. The molecule has 0 aliphatic carbocycles. The fraction of sp³-hybridized carbons (Fsp3) is 0. The van der Waals surface area contributed by atoms with Gasteiger partial charge in [0.15, 0.2) is 12.4 Å². The van der Waals surface area contributed by atoms with E-state index in [1.165, 1.54) is 4.68 Å². The second kappa shape index (κ2) is 3.27. The number of nitrogen functional groups attached to an aromatic ring is 1. The number of halogens is 1. The van der Waals surface area contributed by atoms with E-state index in [1.807, 2.05) is 18.2 Å². The van der Waals surface area contributed by atoms with Crippen molar-refractivity contribution in [3.8, 4) is 0 Å². The zero-order chi connectivity index (χ0) is 5.11. The summed E-state index contributed by atoms with van der Waals surface area (Å²) < 4.78 is 1.50. The highest BCUT2D eigenvalue weighted by molar-refractivity contribution is 4.83. The van der Waals surface area contributed by atoms with Gasteiger partial charge in [-0.25, -0.2) is 5.84 Å². The number of hydrogen-bond donors (Lipinski definition) is 1. The van der Waals surface area contributed by atoms with Crippen molar-refractivity contribution in [2.75, 3.05) is 5.84 Å². The normalized spacial score (nSPS) is 7.50. The number of pyridine rings is 1. The molecule has 2 N–H and O–H groups in total. The molecule has 0 radical (unpaired) electrons. The van der Waals surface area contributed by atoms with Gasteiger partial charge in [0.2, 0.25) is 0 Å². The smallest absolute Gasteiger partial charge is 0.199 e. The number of aromatic nitrogens is 1. The van der Waals surface area contributed by atoms with Crippen LogP contribution >= 0.6 is 0 Å². The molecule has 0 unspecified atom stereocenters. The van der Waals surface area contributed by atoms with Gasteiger partial charge in [-0.3, -0.25) is 0 Å². The van der Waals surface area contributed by atoms with E-state index < -0.39 is 0 Å². The highest BCUT2D eigenvalue weighted by atomic mass is 35.5. The maximum Gasteiger partial charge on any atom is 0.199 e. The van der Waals surface area contributed by atoms with Crippen molar-refractivity contribution in [2.24, 2.45) is 0 Å². The Morgan fingerprint density at radius 2 is 1.50 bits per heavy atom. The van der Waals surface area contributed by atoms with Crippen LogP contribution in [0.4, 0.5) is 0 Å². The fourth-order valence-corrected chi connectivity index (χ4v) is 0.412. The molecule has 0 aliphatic heterocycles. The van der Waals surface area contributed by atoms with Crippen LogP contribution in [0, 0.1) is 0 Å². The first-order valence-electron chi connectivity index (χ1n) is 2.11. The van der Waals surface area contributed by atoms with E-state index >= 15 is 0 Å².